The summed E-state index contributed by atoms with van der Waals surface area (Å²) in [5, 5.41) is 0. The third-order valence-electron chi connectivity index (χ3n) is 2.20. The maximum absolute atomic E-state index is 2.39. The van der Waals surface area contributed by atoms with Gasteiger partial charge in [-0.25, -0.2) is 0 Å². The summed E-state index contributed by atoms with van der Waals surface area (Å²) in [6, 6.07) is 1.34. The molecule has 0 aromatic rings. The molecule has 0 N–H and O–H groups in total. The van der Waals surface area contributed by atoms with E-state index in [4.69, 9.17) is 0 Å². The summed E-state index contributed by atoms with van der Waals surface area (Å²) in [6.45, 7) is 4.45. The highest BCUT2D eigenvalue weighted by Crippen LogP contribution is 2.15. The first-order valence-electron chi connectivity index (χ1n) is 3.66. The normalized spacial score (nSPS) is 35.9. The van der Waals surface area contributed by atoms with Crippen LogP contribution in [0.1, 0.15) is 20.3 Å². The van der Waals surface area contributed by atoms with Gasteiger partial charge in [0, 0.05) is 12.1 Å². The zero-order valence-corrected chi connectivity index (χ0v) is 6.46. The Balaban J connectivity index is 2.51. The molecule has 2 unspecified atom stereocenters. The van der Waals surface area contributed by atoms with Crippen LogP contribution in [0.4, 0.5) is 0 Å². The molecule has 1 heterocycles. The molecule has 0 spiro atoms. The smallest absolute Gasteiger partial charge is 0.0278 e. The monoisotopic (exact) mass is 125 g/mol. The molecule has 0 saturated heterocycles. The van der Waals surface area contributed by atoms with E-state index >= 15 is 0 Å². The summed E-state index contributed by atoms with van der Waals surface area (Å²) in [7, 11) is 2.18. The van der Waals surface area contributed by atoms with Gasteiger partial charge in [-0.2, -0.15) is 0 Å². The molecule has 1 heteroatoms. The third kappa shape index (κ3) is 1.16. The van der Waals surface area contributed by atoms with E-state index in [0.29, 0.717) is 12.1 Å². The van der Waals surface area contributed by atoms with Crippen molar-refractivity contribution in [3.63, 3.8) is 0 Å². The van der Waals surface area contributed by atoms with Gasteiger partial charge in [0.05, 0.1) is 0 Å². The predicted octanol–water partition coefficient (Wildman–Crippen LogP) is 1.66. The van der Waals surface area contributed by atoms with Crippen LogP contribution < -0.4 is 0 Å². The molecule has 2 atom stereocenters. The van der Waals surface area contributed by atoms with Gasteiger partial charge in [0.25, 0.3) is 0 Å². The lowest BCUT2D eigenvalue weighted by Gasteiger charge is -2.21. The number of nitrogens with zero attached hydrogens (tertiary/aromatic N) is 1. The van der Waals surface area contributed by atoms with E-state index in [0.717, 1.165) is 0 Å². The Bertz CT molecular complexity index is 118. The van der Waals surface area contributed by atoms with E-state index in [2.05, 4.69) is 37.9 Å². The van der Waals surface area contributed by atoms with E-state index < -0.39 is 0 Å². The Morgan fingerprint density at radius 2 is 2.11 bits per heavy atom. The summed E-state index contributed by atoms with van der Waals surface area (Å²) in [6.07, 6.45) is 5.80. The zero-order chi connectivity index (χ0) is 6.85. The van der Waals surface area contributed by atoms with Gasteiger partial charge in [-0.05, 0) is 20.4 Å². The molecule has 0 saturated carbocycles. The van der Waals surface area contributed by atoms with Gasteiger partial charge in [0.15, 0.2) is 0 Å². The average molecular weight is 125 g/mol. The minimum atomic E-state index is 0.648. The van der Waals surface area contributed by atoms with Crippen molar-refractivity contribution in [1.29, 1.82) is 0 Å². The zero-order valence-electron chi connectivity index (χ0n) is 6.46. The van der Waals surface area contributed by atoms with Crippen molar-refractivity contribution in [1.82, 2.24) is 4.90 Å². The van der Waals surface area contributed by atoms with Crippen molar-refractivity contribution in [3.05, 3.63) is 12.2 Å². The number of hydrogen-bond acceptors (Lipinski definition) is 1. The van der Waals surface area contributed by atoms with Gasteiger partial charge in [-0.15, -0.1) is 0 Å². The standard InChI is InChI=1S/C8H15N/c1-4-8-6-5-7(2)9(8)3/h5-8H,4H2,1-3H3. The highest BCUT2D eigenvalue weighted by Gasteiger charge is 2.18. The second kappa shape index (κ2) is 2.53. The van der Waals surface area contributed by atoms with Crippen molar-refractivity contribution in [2.75, 3.05) is 7.05 Å². The molecule has 0 amide bonds. The van der Waals surface area contributed by atoms with Crippen molar-refractivity contribution < 1.29 is 0 Å². The highest BCUT2D eigenvalue weighted by atomic mass is 15.2. The molecule has 52 valence electrons. The maximum atomic E-state index is 2.39. The first-order chi connectivity index (χ1) is 4.25. The molecule has 0 bridgehead atoms. The molecule has 0 radical (unpaired) electrons. The maximum Gasteiger partial charge on any atom is 0.0278 e. The summed E-state index contributed by atoms with van der Waals surface area (Å²) in [5.74, 6) is 0. The lowest BCUT2D eigenvalue weighted by molar-refractivity contribution is 0.267. The van der Waals surface area contributed by atoms with Gasteiger partial charge in [-0.3, -0.25) is 4.90 Å². The Hall–Kier alpha value is -0.300. The molecule has 0 aromatic heterocycles. The Kier molecular flexibility index (Phi) is 1.91. The second-order valence-corrected chi connectivity index (χ2v) is 2.77. The van der Waals surface area contributed by atoms with E-state index in [9.17, 15) is 0 Å². The molecular weight excluding hydrogens is 110 g/mol. The lowest BCUT2D eigenvalue weighted by Crippen LogP contribution is -2.30. The van der Waals surface area contributed by atoms with Gasteiger partial charge in [0.2, 0.25) is 0 Å². The molecule has 1 aliphatic heterocycles. The van der Waals surface area contributed by atoms with Crippen LogP contribution in [0.3, 0.4) is 0 Å². The van der Waals surface area contributed by atoms with Crippen molar-refractivity contribution in [2.24, 2.45) is 0 Å². The van der Waals surface area contributed by atoms with E-state index in [1.807, 2.05) is 0 Å². The van der Waals surface area contributed by atoms with Gasteiger partial charge >= 0.3 is 0 Å². The molecule has 0 aliphatic carbocycles. The van der Waals surface area contributed by atoms with Crippen LogP contribution in [0.15, 0.2) is 12.2 Å². The van der Waals surface area contributed by atoms with Crippen LogP contribution in [0, 0.1) is 0 Å². The lowest BCUT2D eigenvalue weighted by atomic mass is 10.2. The largest absolute Gasteiger partial charge is 0.294 e. The van der Waals surface area contributed by atoms with Crippen LogP contribution in [0.25, 0.3) is 0 Å². The number of likely N-dealkylation sites (N-methyl/N-ethyl adjacent to an activating group) is 1. The summed E-state index contributed by atoms with van der Waals surface area (Å²) in [5.41, 5.74) is 0. The predicted molar refractivity (Wildman–Crippen MR) is 40.4 cm³/mol. The Morgan fingerprint density at radius 1 is 1.44 bits per heavy atom. The molecule has 0 aromatic carbocycles. The number of rotatable bonds is 1. The highest BCUT2D eigenvalue weighted by molar-refractivity contribution is 5.07. The van der Waals surface area contributed by atoms with Crippen molar-refractivity contribution in [3.8, 4) is 0 Å². The molecule has 9 heavy (non-hydrogen) atoms. The van der Waals surface area contributed by atoms with Crippen molar-refractivity contribution >= 4 is 0 Å². The molecule has 1 aliphatic rings. The quantitative estimate of drug-likeness (QED) is 0.482. The Labute approximate surface area is 57.4 Å². The van der Waals surface area contributed by atoms with Gasteiger partial charge in [0.1, 0.15) is 0 Å². The van der Waals surface area contributed by atoms with Crippen LogP contribution in [-0.4, -0.2) is 24.0 Å². The van der Waals surface area contributed by atoms with Crippen LogP contribution in [-0.2, 0) is 0 Å². The summed E-state index contributed by atoms with van der Waals surface area (Å²) < 4.78 is 0. The second-order valence-electron chi connectivity index (χ2n) is 2.77. The van der Waals surface area contributed by atoms with Gasteiger partial charge in [-0.1, -0.05) is 19.1 Å². The van der Waals surface area contributed by atoms with Crippen LogP contribution >= 0.6 is 0 Å². The first-order valence-corrected chi connectivity index (χ1v) is 3.66. The molecule has 1 rings (SSSR count). The SMILES string of the molecule is CCC1C=CC(C)N1C. The van der Waals surface area contributed by atoms with E-state index in [1.54, 1.807) is 0 Å². The average Bonchev–Trinajstić information content (AvgIpc) is 2.15. The molecule has 1 nitrogen and oxygen atoms in total. The van der Waals surface area contributed by atoms with E-state index in [1.165, 1.54) is 6.42 Å². The van der Waals surface area contributed by atoms with Crippen molar-refractivity contribution in [2.45, 2.75) is 32.4 Å². The topological polar surface area (TPSA) is 3.24 Å². The molecule has 0 fully saturated rings. The minimum Gasteiger partial charge on any atom is -0.294 e. The summed E-state index contributed by atoms with van der Waals surface area (Å²) >= 11 is 0. The minimum absolute atomic E-state index is 0.648. The fourth-order valence-corrected chi connectivity index (χ4v) is 1.29. The fraction of sp³-hybridized carbons (Fsp3) is 0.750. The first kappa shape index (κ1) is 6.81. The van der Waals surface area contributed by atoms with Gasteiger partial charge < -0.3 is 0 Å². The third-order valence-corrected chi connectivity index (χ3v) is 2.20. The summed E-state index contributed by atoms with van der Waals surface area (Å²) in [4.78, 5) is 2.39. The van der Waals surface area contributed by atoms with Crippen LogP contribution in [0.2, 0.25) is 0 Å². The number of hydrogen-bond donors (Lipinski definition) is 0. The van der Waals surface area contributed by atoms with E-state index in [-0.39, 0.29) is 0 Å². The van der Waals surface area contributed by atoms with Crippen LogP contribution in [0.5, 0.6) is 0 Å². The molecular formula is C8H15N. The Morgan fingerprint density at radius 3 is 2.33 bits per heavy atom. The fourth-order valence-electron chi connectivity index (χ4n) is 1.29.